The number of phosphoric acid groups is 1. The van der Waals surface area contributed by atoms with Crippen LogP contribution in [0.3, 0.4) is 0 Å². The molecule has 1 atom stereocenters. The predicted molar refractivity (Wildman–Crippen MR) is 103 cm³/mol. The van der Waals surface area contributed by atoms with E-state index in [1.165, 1.54) is 0 Å². The second kappa shape index (κ2) is 8.77. The van der Waals surface area contributed by atoms with Crippen molar-refractivity contribution in [1.82, 2.24) is 0 Å². The van der Waals surface area contributed by atoms with Crippen molar-refractivity contribution < 1.29 is 18.1 Å². The molecule has 5 heteroatoms. The van der Waals surface area contributed by atoms with Gasteiger partial charge in [0, 0.05) is 6.42 Å². The number of phosphoric ester groups is 1. The van der Waals surface area contributed by atoms with Crippen LogP contribution in [0.1, 0.15) is 25.7 Å². The molecule has 0 radical (unpaired) electrons. The zero-order chi connectivity index (χ0) is 18.2. The van der Waals surface area contributed by atoms with Gasteiger partial charge in [-0.3, -0.25) is 0 Å². The standard InChI is InChI=1S/C21H23O4P/c1-2-3-6-11-18-16-21(17-18)25-26(22,23-19-12-7-4-8-13-19)24-20-14-9-5-10-15-20/h2,4-5,7-10,12-16,18H,1,3,6,11,17H2/t18-/m0/s1. The van der Waals surface area contributed by atoms with E-state index < -0.39 is 7.82 Å². The van der Waals surface area contributed by atoms with Crippen molar-refractivity contribution in [1.29, 1.82) is 0 Å². The highest BCUT2D eigenvalue weighted by Crippen LogP contribution is 2.53. The van der Waals surface area contributed by atoms with Crippen molar-refractivity contribution in [3.63, 3.8) is 0 Å². The molecule has 3 rings (SSSR count). The lowest BCUT2D eigenvalue weighted by molar-refractivity contribution is 0.229. The van der Waals surface area contributed by atoms with E-state index in [0.29, 0.717) is 23.2 Å². The molecule has 0 bridgehead atoms. The fourth-order valence-corrected chi connectivity index (χ4v) is 3.98. The van der Waals surface area contributed by atoms with Crippen LogP contribution in [-0.4, -0.2) is 0 Å². The fourth-order valence-electron chi connectivity index (χ4n) is 2.69. The monoisotopic (exact) mass is 370 g/mol. The smallest absolute Gasteiger partial charge is 0.391 e. The van der Waals surface area contributed by atoms with E-state index in [-0.39, 0.29) is 0 Å². The van der Waals surface area contributed by atoms with Gasteiger partial charge in [0.1, 0.15) is 17.3 Å². The number of unbranched alkanes of at least 4 members (excludes halogenated alkanes) is 1. The van der Waals surface area contributed by atoms with Crippen LogP contribution >= 0.6 is 7.82 Å². The lowest BCUT2D eigenvalue weighted by Gasteiger charge is -2.28. The highest BCUT2D eigenvalue weighted by molar-refractivity contribution is 7.49. The highest BCUT2D eigenvalue weighted by atomic mass is 31.2. The first-order chi connectivity index (χ1) is 12.7. The summed E-state index contributed by atoms with van der Waals surface area (Å²) in [5, 5.41) is 0. The number of allylic oxidation sites excluding steroid dienone is 3. The summed E-state index contributed by atoms with van der Waals surface area (Å²) in [5.74, 6) is 1.99. The third kappa shape index (κ3) is 5.27. The van der Waals surface area contributed by atoms with E-state index in [1.54, 1.807) is 48.5 Å². The maximum atomic E-state index is 13.2. The van der Waals surface area contributed by atoms with E-state index in [2.05, 4.69) is 6.58 Å². The molecule has 0 fully saturated rings. The van der Waals surface area contributed by atoms with Gasteiger partial charge in [0.05, 0.1) is 0 Å². The average molecular weight is 370 g/mol. The molecule has 0 saturated heterocycles. The summed E-state index contributed by atoms with van der Waals surface area (Å²) in [6.45, 7) is 3.73. The topological polar surface area (TPSA) is 44.8 Å². The van der Waals surface area contributed by atoms with Gasteiger partial charge in [0.2, 0.25) is 0 Å². The summed E-state index contributed by atoms with van der Waals surface area (Å²) >= 11 is 0. The predicted octanol–water partition coefficient (Wildman–Crippen LogP) is 6.53. The SMILES string of the molecule is C=CCCC[C@H]1C=C(OP(=O)(Oc2ccccc2)Oc2ccccc2)C1. The Hall–Kier alpha value is -2.45. The molecule has 0 amide bonds. The molecule has 0 aliphatic heterocycles. The molecule has 2 aromatic rings. The normalized spacial score (nSPS) is 16.2. The van der Waals surface area contributed by atoms with Crippen molar-refractivity contribution in [2.24, 2.45) is 5.92 Å². The van der Waals surface area contributed by atoms with Gasteiger partial charge in [-0.15, -0.1) is 6.58 Å². The van der Waals surface area contributed by atoms with E-state index >= 15 is 0 Å². The van der Waals surface area contributed by atoms with Gasteiger partial charge >= 0.3 is 7.82 Å². The molecular weight excluding hydrogens is 347 g/mol. The van der Waals surface area contributed by atoms with Crippen LogP contribution in [0.5, 0.6) is 11.5 Å². The van der Waals surface area contributed by atoms with Gasteiger partial charge in [-0.1, -0.05) is 42.5 Å². The number of hydrogen-bond acceptors (Lipinski definition) is 4. The van der Waals surface area contributed by atoms with Gasteiger partial charge in [-0.2, -0.15) is 4.57 Å². The Labute approximate surface area is 154 Å². The van der Waals surface area contributed by atoms with Gasteiger partial charge in [-0.25, -0.2) is 0 Å². The molecule has 1 aliphatic carbocycles. The third-order valence-corrected chi connectivity index (χ3v) is 5.34. The maximum Gasteiger partial charge on any atom is 0.646 e. The molecule has 0 saturated carbocycles. The summed E-state index contributed by atoms with van der Waals surface area (Å²) in [7, 11) is -3.83. The van der Waals surface area contributed by atoms with E-state index in [0.717, 1.165) is 25.7 Å². The Morgan fingerprint density at radius 1 is 0.962 bits per heavy atom. The molecule has 2 aromatic carbocycles. The first-order valence-electron chi connectivity index (χ1n) is 8.77. The molecule has 0 heterocycles. The second-order valence-electron chi connectivity index (χ2n) is 6.16. The quantitative estimate of drug-likeness (QED) is 0.271. The lowest BCUT2D eigenvalue weighted by atomic mass is 9.88. The highest BCUT2D eigenvalue weighted by Gasteiger charge is 2.36. The van der Waals surface area contributed by atoms with E-state index in [1.807, 2.05) is 24.3 Å². The molecule has 1 aliphatic rings. The minimum Gasteiger partial charge on any atom is -0.391 e. The summed E-state index contributed by atoms with van der Waals surface area (Å²) < 4.78 is 30.1. The van der Waals surface area contributed by atoms with Crippen molar-refractivity contribution in [2.45, 2.75) is 25.7 Å². The zero-order valence-electron chi connectivity index (χ0n) is 14.6. The fraction of sp³-hybridized carbons (Fsp3) is 0.238. The first-order valence-corrected chi connectivity index (χ1v) is 10.2. The van der Waals surface area contributed by atoms with Crippen molar-refractivity contribution in [3.05, 3.63) is 85.2 Å². The Balaban J connectivity index is 1.68. The Kier molecular flexibility index (Phi) is 6.19. The maximum absolute atomic E-state index is 13.2. The van der Waals surface area contributed by atoms with Crippen LogP contribution < -0.4 is 9.05 Å². The largest absolute Gasteiger partial charge is 0.646 e. The van der Waals surface area contributed by atoms with Crippen LogP contribution in [0.4, 0.5) is 0 Å². The molecule has 0 N–H and O–H groups in total. The number of hydrogen-bond donors (Lipinski definition) is 0. The number of benzene rings is 2. The Morgan fingerprint density at radius 3 is 2.00 bits per heavy atom. The van der Waals surface area contributed by atoms with E-state index in [9.17, 15) is 4.57 Å². The van der Waals surface area contributed by atoms with Crippen LogP contribution in [-0.2, 0) is 9.09 Å². The van der Waals surface area contributed by atoms with Crippen molar-refractivity contribution in [2.75, 3.05) is 0 Å². The van der Waals surface area contributed by atoms with Crippen LogP contribution in [0.2, 0.25) is 0 Å². The van der Waals surface area contributed by atoms with Crippen LogP contribution in [0.15, 0.2) is 85.2 Å². The van der Waals surface area contributed by atoms with Crippen molar-refractivity contribution in [3.8, 4) is 11.5 Å². The Morgan fingerprint density at radius 2 is 1.50 bits per heavy atom. The van der Waals surface area contributed by atoms with Gasteiger partial charge in [-0.05, 0) is 55.5 Å². The molecule has 0 spiro atoms. The average Bonchev–Trinajstić information content (AvgIpc) is 2.61. The number of para-hydroxylation sites is 2. The van der Waals surface area contributed by atoms with Crippen LogP contribution in [0, 0.1) is 5.92 Å². The van der Waals surface area contributed by atoms with Gasteiger partial charge in [0.25, 0.3) is 0 Å². The molecule has 0 aromatic heterocycles. The van der Waals surface area contributed by atoms with Crippen molar-refractivity contribution >= 4 is 7.82 Å². The van der Waals surface area contributed by atoms with Gasteiger partial charge < -0.3 is 13.6 Å². The minimum atomic E-state index is -3.83. The van der Waals surface area contributed by atoms with E-state index in [4.69, 9.17) is 13.6 Å². The minimum absolute atomic E-state index is 0.439. The zero-order valence-corrected chi connectivity index (χ0v) is 15.5. The van der Waals surface area contributed by atoms with Crippen LogP contribution in [0.25, 0.3) is 0 Å². The third-order valence-electron chi connectivity index (χ3n) is 4.02. The summed E-state index contributed by atoms with van der Waals surface area (Å²) in [5.41, 5.74) is 0. The first kappa shape index (κ1) is 18.3. The van der Waals surface area contributed by atoms with Gasteiger partial charge in [0.15, 0.2) is 0 Å². The molecular formula is C21H23O4P. The summed E-state index contributed by atoms with van der Waals surface area (Å²) in [4.78, 5) is 0. The molecule has 4 nitrogen and oxygen atoms in total. The molecule has 136 valence electrons. The Bertz CT molecular complexity index is 741. The lowest BCUT2D eigenvalue weighted by Crippen LogP contribution is -2.14. The summed E-state index contributed by atoms with van der Waals surface area (Å²) in [6.07, 6.45) is 7.84. The number of rotatable bonds is 10. The molecule has 26 heavy (non-hydrogen) atoms. The summed E-state index contributed by atoms with van der Waals surface area (Å²) in [6, 6.07) is 17.8. The second-order valence-corrected chi connectivity index (χ2v) is 7.61. The molecule has 0 unspecified atom stereocenters.